The number of hydrogen-bond donors (Lipinski definition) is 2. The highest BCUT2D eigenvalue weighted by molar-refractivity contribution is 6.32. The monoisotopic (exact) mass is 285 g/mol. The quantitative estimate of drug-likeness (QED) is 0.893. The van der Waals surface area contributed by atoms with Crippen molar-refractivity contribution in [1.29, 1.82) is 0 Å². The van der Waals surface area contributed by atoms with Crippen LogP contribution in [0.15, 0.2) is 12.1 Å². The number of ether oxygens (including phenoxy) is 2. The predicted molar refractivity (Wildman–Crippen MR) is 76.4 cm³/mol. The molecule has 1 aromatic rings. The lowest BCUT2D eigenvalue weighted by Gasteiger charge is -2.30. The number of rotatable bonds is 4. The van der Waals surface area contributed by atoms with Crippen molar-refractivity contribution in [1.82, 2.24) is 0 Å². The molecule has 0 aromatic heterocycles. The second-order valence-corrected chi connectivity index (χ2v) is 5.20. The number of aliphatic hydroxyl groups excluding tert-OH is 1. The number of anilines is 1. The summed E-state index contributed by atoms with van der Waals surface area (Å²) in [5, 5.41) is 13.9. The van der Waals surface area contributed by atoms with E-state index in [1.807, 2.05) is 0 Å². The van der Waals surface area contributed by atoms with Gasteiger partial charge in [0.05, 0.1) is 37.1 Å². The number of hydrogen-bond acceptors (Lipinski definition) is 4. The lowest BCUT2D eigenvalue weighted by molar-refractivity contribution is 0.116. The number of halogens is 1. The average Bonchev–Trinajstić information content (AvgIpc) is 2.42. The molecule has 19 heavy (non-hydrogen) atoms. The van der Waals surface area contributed by atoms with Crippen molar-refractivity contribution in [2.75, 3.05) is 19.5 Å². The highest BCUT2D eigenvalue weighted by atomic mass is 35.5. The number of nitrogens with one attached hydrogen (secondary N) is 1. The first kappa shape index (κ1) is 14.3. The van der Waals surface area contributed by atoms with Gasteiger partial charge in [-0.1, -0.05) is 24.4 Å². The van der Waals surface area contributed by atoms with Gasteiger partial charge in [-0.3, -0.25) is 0 Å². The average molecular weight is 286 g/mol. The van der Waals surface area contributed by atoms with Crippen LogP contribution in [0.25, 0.3) is 0 Å². The van der Waals surface area contributed by atoms with Gasteiger partial charge in [0.25, 0.3) is 0 Å². The SMILES string of the molecule is COc1cc(OC)c(N[C@@H]2CCCC[C@H]2O)cc1Cl. The van der Waals surface area contributed by atoms with Gasteiger partial charge in [0.1, 0.15) is 11.5 Å². The summed E-state index contributed by atoms with van der Waals surface area (Å²) in [6.45, 7) is 0. The molecule has 2 rings (SSSR count). The van der Waals surface area contributed by atoms with Crippen molar-refractivity contribution in [3.63, 3.8) is 0 Å². The highest BCUT2D eigenvalue weighted by Gasteiger charge is 2.24. The normalized spacial score (nSPS) is 22.9. The van der Waals surface area contributed by atoms with Crippen LogP contribution >= 0.6 is 11.6 Å². The summed E-state index contributed by atoms with van der Waals surface area (Å²) in [5.74, 6) is 1.24. The Bertz CT molecular complexity index is 439. The maximum atomic E-state index is 10.0. The second kappa shape index (κ2) is 6.35. The maximum absolute atomic E-state index is 10.0. The number of aliphatic hydroxyl groups is 1. The van der Waals surface area contributed by atoms with E-state index in [-0.39, 0.29) is 12.1 Å². The van der Waals surface area contributed by atoms with E-state index < -0.39 is 0 Å². The van der Waals surface area contributed by atoms with Crippen LogP contribution in [0.3, 0.4) is 0 Å². The molecule has 5 heteroatoms. The van der Waals surface area contributed by atoms with Crippen LogP contribution in [0.1, 0.15) is 25.7 Å². The zero-order valence-electron chi connectivity index (χ0n) is 11.3. The van der Waals surface area contributed by atoms with E-state index in [1.165, 1.54) is 0 Å². The molecule has 0 unspecified atom stereocenters. The Morgan fingerprint density at radius 3 is 2.47 bits per heavy atom. The van der Waals surface area contributed by atoms with E-state index >= 15 is 0 Å². The molecule has 1 aliphatic carbocycles. The van der Waals surface area contributed by atoms with Crippen molar-refractivity contribution >= 4 is 17.3 Å². The van der Waals surface area contributed by atoms with Gasteiger partial charge in [-0.2, -0.15) is 0 Å². The maximum Gasteiger partial charge on any atom is 0.145 e. The molecule has 0 heterocycles. The van der Waals surface area contributed by atoms with E-state index in [4.69, 9.17) is 21.1 Å². The van der Waals surface area contributed by atoms with Crippen LogP contribution in [-0.4, -0.2) is 31.5 Å². The zero-order valence-corrected chi connectivity index (χ0v) is 12.0. The summed E-state index contributed by atoms with van der Waals surface area (Å²) >= 11 is 6.13. The lowest BCUT2D eigenvalue weighted by atomic mass is 9.92. The standard InChI is InChI=1S/C14H20ClNO3/c1-18-13-8-14(19-2)11(7-9(13)15)16-10-5-3-4-6-12(10)17/h7-8,10,12,16-17H,3-6H2,1-2H3/t10-,12-/m1/s1. The molecule has 0 spiro atoms. The molecule has 0 amide bonds. The Morgan fingerprint density at radius 2 is 1.84 bits per heavy atom. The van der Waals surface area contributed by atoms with E-state index in [9.17, 15) is 5.11 Å². The van der Waals surface area contributed by atoms with Crippen LogP contribution < -0.4 is 14.8 Å². The molecule has 1 saturated carbocycles. The summed E-state index contributed by atoms with van der Waals surface area (Å²) in [6, 6.07) is 3.58. The lowest BCUT2D eigenvalue weighted by Crippen LogP contribution is -2.36. The van der Waals surface area contributed by atoms with E-state index in [0.717, 1.165) is 31.4 Å². The zero-order chi connectivity index (χ0) is 13.8. The van der Waals surface area contributed by atoms with E-state index in [0.29, 0.717) is 16.5 Å². The largest absolute Gasteiger partial charge is 0.495 e. The Morgan fingerprint density at radius 1 is 1.16 bits per heavy atom. The first-order chi connectivity index (χ1) is 9.15. The summed E-state index contributed by atoms with van der Waals surface area (Å²) in [6.07, 6.45) is 3.68. The third-order valence-corrected chi connectivity index (χ3v) is 3.84. The minimum absolute atomic E-state index is 0.0483. The van der Waals surface area contributed by atoms with Gasteiger partial charge in [0.15, 0.2) is 0 Å². The number of benzene rings is 1. The fourth-order valence-electron chi connectivity index (χ4n) is 2.45. The minimum Gasteiger partial charge on any atom is -0.495 e. The van der Waals surface area contributed by atoms with Crippen LogP contribution in [0.4, 0.5) is 5.69 Å². The van der Waals surface area contributed by atoms with Crippen molar-refractivity contribution in [3.05, 3.63) is 17.2 Å². The van der Waals surface area contributed by atoms with Crippen LogP contribution in [-0.2, 0) is 0 Å². The van der Waals surface area contributed by atoms with Gasteiger partial charge in [0.2, 0.25) is 0 Å². The summed E-state index contributed by atoms with van der Waals surface area (Å²) in [5.41, 5.74) is 0.791. The van der Waals surface area contributed by atoms with Crippen molar-refractivity contribution < 1.29 is 14.6 Å². The van der Waals surface area contributed by atoms with Crippen LogP contribution in [0.5, 0.6) is 11.5 Å². The molecule has 2 N–H and O–H groups in total. The van der Waals surface area contributed by atoms with Crippen LogP contribution in [0.2, 0.25) is 5.02 Å². The third-order valence-electron chi connectivity index (χ3n) is 3.54. The molecule has 1 aromatic carbocycles. The second-order valence-electron chi connectivity index (χ2n) is 4.79. The summed E-state index contributed by atoms with van der Waals surface area (Å²) in [7, 11) is 3.17. The Kier molecular flexibility index (Phi) is 4.77. The van der Waals surface area contributed by atoms with Crippen molar-refractivity contribution in [2.45, 2.75) is 37.8 Å². The van der Waals surface area contributed by atoms with E-state index in [1.54, 1.807) is 26.4 Å². The van der Waals surface area contributed by atoms with Gasteiger partial charge in [-0.15, -0.1) is 0 Å². The fraction of sp³-hybridized carbons (Fsp3) is 0.571. The van der Waals surface area contributed by atoms with Gasteiger partial charge < -0.3 is 19.9 Å². The Labute approximate surface area is 118 Å². The molecule has 106 valence electrons. The predicted octanol–water partition coefficient (Wildman–Crippen LogP) is 3.07. The van der Waals surface area contributed by atoms with Gasteiger partial charge in [0, 0.05) is 6.07 Å². The van der Waals surface area contributed by atoms with Crippen LogP contribution in [0, 0.1) is 0 Å². The first-order valence-electron chi connectivity index (χ1n) is 6.52. The molecule has 1 fully saturated rings. The molecule has 2 atom stereocenters. The highest BCUT2D eigenvalue weighted by Crippen LogP contribution is 2.37. The molecule has 0 aliphatic heterocycles. The molecular formula is C14H20ClNO3. The first-order valence-corrected chi connectivity index (χ1v) is 6.89. The smallest absolute Gasteiger partial charge is 0.145 e. The topological polar surface area (TPSA) is 50.7 Å². The van der Waals surface area contributed by atoms with Gasteiger partial charge >= 0.3 is 0 Å². The molecular weight excluding hydrogens is 266 g/mol. The summed E-state index contributed by atoms with van der Waals surface area (Å²) < 4.78 is 10.5. The van der Waals surface area contributed by atoms with Gasteiger partial charge in [-0.05, 0) is 18.9 Å². The summed E-state index contributed by atoms with van der Waals surface area (Å²) in [4.78, 5) is 0. The molecule has 0 bridgehead atoms. The molecule has 0 radical (unpaired) electrons. The molecule has 1 aliphatic rings. The third kappa shape index (κ3) is 3.25. The van der Waals surface area contributed by atoms with Crippen molar-refractivity contribution in [2.24, 2.45) is 0 Å². The van der Waals surface area contributed by atoms with E-state index in [2.05, 4.69) is 5.32 Å². The molecule has 0 saturated heterocycles. The number of methoxy groups -OCH3 is 2. The van der Waals surface area contributed by atoms with Crippen molar-refractivity contribution in [3.8, 4) is 11.5 Å². The minimum atomic E-state index is -0.320. The Balaban J connectivity index is 2.21. The molecule has 4 nitrogen and oxygen atoms in total. The fourth-order valence-corrected chi connectivity index (χ4v) is 2.69. The Hall–Kier alpha value is -1.13. The van der Waals surface area contributed by atoms with Gasteiger partial charge in [-0.25, -0.2) is 0 Å².